The third-order valence-corrected chi connectivity index (χ3v) is 3.19. The molecule has 1 atom stereocenters. The van der Waals surface area contributed by atoms with Crippen LogP contribution in [0.25, 0.3) is 0 Å². The summed E-state index contributed by atoms with van der Waals surface area (Å²) in [5.74, 6) is 0.597. The number of ketones is 1. The molecule has 0 amide bonds. The predicted molar refractivity (Wildman–Crippen MR) is 60.1 cm³/mol. The standard InChI is InChI=1S/C13H20O/c1-10(11(2)14)9-12-7-5-6-8-13(12,3)4/h5,7,9,12H,6,8H2,1-4H3/b10-9-. The zero-order valence-corrected chi connectivity index (χ0v) is 9.63. The van der Waals surface area contributed by atoms with Crippen LogP contribution in [0, 0.1) is 11.3 Å². The van der Waals surface area contributed by atoms with E-state index in [1.165, 1.54) is 6.42 Å². The Hall–Kier alpha value is -0.850. The first-order valence-corrected chi connectivity index (χ1v) is 5.29. The Bertz CT molecular complexity index is 282. The number of hydrogen-bond acceptors (Lipinski definition) is 1. The Balaban J connectivity index is 2.86. The van der Waals surface area contributed by atoms with Crippen molar-refractivity contribution in [2.45, 2.75) is 40.5 Å². The second-order valence-corrected chi connectivity index (χ2v) is 4.89. The minimum Gasteiger partial charge on any atom is -0.295 e. The SMILES string of the molecule is CC(=O)/C(C)=C\C1C=CCCC1(C)C. The molecule has 0 N–H and O–H groups in total. The van der Waals surface area contributed by atoms with Gasteiger partial charge in [-0.05, 0) is 37.7 Å². The third kappa shape index (κ3) is 2.57. The van der Waals surface area contributed by atoms with Crippen molar-refractivity contribution >= 4 is 5.78 Å². The van der Waals surface area contributed by atoms with Gasteiger partial charge in [0, 0.05) is 5.92 Å². The van der Waals surface area contributed by atoms with Crippen molar-refractivity contribution in [1.29, 1.82) is 0 Å². The fourth-order valence-corrected chi connectivity index (χ4v) is 1.79. The highest BCUT2D eigenvalue weighted by Gasteiger charge is 2.27. The van der Waals surface area contributed by atoms with Gasteiger partial charge in [-0.15, -0.1) is 0 Å². The van der Waals surface area contributed by atoms with Crippen LogP contribution in [-0.2, 0) is 4.79 Å². The maximum Gasteiger partial charge on any atom is 0.155 e. The first-order chi connectivity index (χ1) is 6.43. The summed E-state index contributed by atoms with van der Waals surface area (Å²) in [4.78, 5) is 11.1. The van der Waals surface area contributed by atoms with E-state index in [-0.39, 0.29) is 5.78 Å². The number of hydrogen-bond donors (Lipinski definition) is 0. The van der Waals surface area contributed by atoms with Crippen LogP contribution >= 0.6 is 0 Å². The lowest BCUT2D eigenvalue weighted by atomic mass is 9.71. The van der Waals surface area contributed by atoms with Crippen LogP contribution in [0.15, 0.2) is 23.8 Å². The second kappa shape index (κ2) is 4.12. The summed E-state index contributed by atoms with van der Waals surface area (Å²) >= 11 is 0. The summed E-state index contributed by atoms with van der Waals surface area (Å²) in [6.07, 6.45) is 8.93. The molecule has 0 aromatic rings. The van der Waals surface area contributed by atoms with E-state index in [1.54, 1.807) is 6.92 Å². The molecule has 1 nitrogen and oxygen atoms in total. The van der Waals surface area contributed by atoms with Crippen LogP contribution in [0.3, 0.4) is 0 Å². The Morgan fingerprint density at radius 2 is 2.07 bits per heavy atom. The molecule has 0 aliphatic heterocycles. The van der Waals surface area contributed by atoms with Crippen molar-refractivity contribution in [1.82, 2.24) is 0 Å². The van der Waals surface area contributed by atoms with E-state index in [0.29, 0.717) is 11.3 Å². The van der Waals surface area contributed by atoms with E-state index in [9.17, 15) is 4.79 Å². The second-order valence-electron chi connectivity index (χ2n) is 4.89. The molecule has 0 heterocycles. The molecule has 78 valence electrons. The Labute approximate surface area is 86.9 Å². The van der Waals surface area contributed by atoms with Gasteiger partial charge in [0.05, 0.1) is 0 Å². The molecule has 1 heteroatoms. The molecule has 0 bridgehead atoms. The van der Waals surface area contributed by atoms with Gasteiger partial charge in [0.25, 0.3) is 0 Å². The third-order valence-electron chi connectivity index (χ3n) is 3.19. The zero-order valence-electron chi connectivity index (χ0n) is 9.63. The van der Waals surface area contributed by atoms with Gasteiger partial charge in [0.2, 0.25) is 0 Å². The topological polar surface area (TPSA) is 17.1 Å². The van der Waals surface area contributed by atoms with Crippen LogP contribution in [0.5, 0.6) is 0 Å². The van der Waals surface area contributed by atoms with Gasteiger partial charge in [-0.1, -0.05) is 32.1 Å². The van der Waals surface area contributed by atoms with E-state index >= 15 is 0 Å². The van der Waals surface area contributed by atoms with E-state index in [4.69, 9.17) is 0 Å². The lowest BCUT2D eigenvalue weighted by Crippen LogP contribution is -2.23. The molecule has 1 aliphatic rings. The summed E-state index contributed by atoms with van der Waals surface area (Å²) in [6.45, 7) is 8.07. The highest BCUT2D eigenvalue weighted by atomic mass is 16.1. The van der Waals surface area contributed by atoms with Gasteiger partial charge < -0.3 is 0 Å². The first-order valence-electron chi connectivity index (χ1n) is 5.29. The Morgan fingerprint density at radius 1 is 1.43 bits per heavy atom. The summed E-state index contributed by atoms with van der Waals surface area (Å²) in [5.41, 5.74) is 1.18. The molecule has 0 radical (unpaired) electrons. The number of carbonyl (C=O) groups excluding carboxylic acids is 1. The molecule has 0 fully saturated rings. The maximum atomic E-state index is 11.1. The molecule has 1 unspecified atom stereocenters. The first kappa shape index (κ1) is 11.2. The number of Topliss-reactive ketones (excluding diaryl/α,β-unsaturated/α-hetero) is 1. The number of allylic oxidation sites excluding steroid dienone is 4. The molecular formula is C13H20O. The minimum atomic E-state index is 0.180. The average Bonchev–Trinajstić information content (AvgIpc) is 2.08. The zero-order chi connectivity index (χ0) is 10.8. The van der Waals surface area contributed by atoms with E-state index in [2.05, 4.69) is 32.1 Å². The Kier molecular flexibility index (Phi) is 3.30. The molecule has 1 rings (SSSR count). The van der Waals surface area contributed by atoms with Crippen LogP contribution in [-0.4, -0.2) is 5.78 Å². The number of rotatable bonds is 2. The molecule has 0 aromatic heterocycles. The molecule has 0 saturated heterocycles. The lowest BCUT2D eigenvalue weighted by Gasteiger charge is -2.33. The summed E-state index contributed by atoms with van der Waals surface area (Å²) in [7, 11) is 0. The predicted octanol–water partition coefficient (Wildman–Crippen LogP) is 3.51. The molecule has 0 aromatic carbocycles. The molecule has 1 aliphatic carbocycles. The summed E-state index contributed by atoms with van der Waals surface area (Å²) in [5, 5.41) is 0. The maximum absolute atomic E-state index is 11.1. The van der Waals surface area contributed by atoms with Crippen LogP contribution in [0.1, 0.15) is 40.5 Å². The van der Waals surface area contributed by atoms with Crippen molar-refractivity contribution in [2.75, 3.05) is 0 Å². The number of carbonyl (C=O) groups is 1. The minimum absolute atomic E-state index is 0.180. The van der Waals surface area contributed by atoms with Gasteiger partial charge in [0.1, 0.15) is 0 Å². The molecule has 0 saturated carbocycles. The van der Waals surface area contributed by atoms with Crippen LogP contribution in [0.2, 0.25) is 0 Å². The smallest absolute Gasteiger partial charge is 0.155 e. The quantitative estimate of drug-likeness (QED) is 0.483. The fraction of sp³-hybridized carbons (Fsp3) is 0.615. The van der Waals surface area contributed by atoms with Crippen molar-refractivity contribution in [3.63, 3.8) is 0 Å². The summed E-state index contributed by atoms with van der Waals surface area (Å²) < 4.78 is 0. The molecular weight excluding hydrogens is 172 g/mol. The van der Waals surface area contributed by atoms with Gasteiger partial charge in [-0.25, -0.2) is 0 Å². The van der Waals surface area contributed by atoms with E-state index in [0.717, 1.165) is 12.0 Å². The van der Waals surface area contributed by atoms with Gasteiger partial charge in [-0.3, -0.25) is 4.79 Å². The lowest BCUT2D eigenvalue weighted by molar-refractivity contribution is -0.113. The van der Waals surface area contributed by atoms with Crippen molar-refractivity contribution < 1.29 is 4.79 Å². The van der Waals surface area contributed by atoms with Crippen molar-refractivity contribution in [3.8, 4) is 0 Å². The molecule has 0 spiro atoms. The summed E-state index contributed by atoms with van der Waals surface area (Å²) in [6, 6.07) is 0. The molecule has 14 heavy (non-hydrogen) atoms. The fourth-order valence-electron chi connectivity index (χ4n) is 1.79. The monoisotopic (exact) mass is 192 g/mol. The highest BCUT2D eigenvalue weighted by molar-refractivity contribution is 5.92. The van der Waals surface area contributed by atoms with Crippen molar-refractivity contribution in [3.05, 3.63) is 23.8 Å². The van der Waals surface area contributed by atoms with Crippen molar-refractivity contribution in [2.24, 2.45) is 11.3 Å². The van der Waals surface area contributed by atoms with Gasteiger partial charge in [-0.2, -0.15) is 0 Å². The van der Waals surface area contributed by atoms with E-state index in [1.807, 2.05) is 6.92 Å². The van der Waals surface area contributed by atoms with Gasteiger partial charge >= 0.3 is 0 Å². The van der Waals surface area contributed by atoms with Gasteiger partial charge in [0.15, 0.2) is 5.78 Å². The van der Waals surface area contributed by atoms with Crippen LogP contribution < -0.4 is 0 Å². The highest BCUT2D eigenvalue weighted by Crippen LogP contribution is 2.38. The van der Waals surface area contributed by atoms with Crippen LogP contribution in [0.4, 0.5) is 0 Å². The Morgan fingerprint density at radius 3 is 2.57 bits per heavy atom. The normalized spacial score (nSPS) is 26.3. The van der Waals surface area contributed by atoms with E-state index < -0.39 is 0 Å². The average molecular weight is 192 g/mol. The largest absolute Gasteiger partial charge is 0.295 e.